The first-order chi connectivity index (χ1) is 9.26. The Morgan fingerprint density at radius 1 is 1.21 bits per heavy atom. The number of ketones is 1. The first-order valence-corrected chi connectivity index (χ1v) is 8.25. The lowest BCUT2D eigenvalue weighted by Gasteiger charge is -2.35. The van der Waals surface area contributed by atoms with Gasteiger partial charge < -0.3 is 5.32 Å². The average molecular weight is 266 g/mol. The van der Waals surface area contributed by atoms with Crippen molar-refractivity contribution in [3.8, 4) is 0 Å². The maximum Gasteiger partial charge on any atom is 0.150 e. The maximum absolute atomic E-state index is 12.6. The minimum absolute atomic E-state index is 0.240. The molecule has 3 nitrogen and oxygen atoms in total. The Morgan fingerprint density at radius 2 is 1.89 bits per heavy atom. The summed E-state index contributed by atoms with van der Waals surface area (Å²) in [7, 11) is 0. The first kappa shape index (κ1) is 15.0. The Morgan fingerprint density at radius 3 is 2.53 bits per heavy atom. The zero-order valence-corrected chi connectivity index (χ0v) is 12.7. The van der Waals surface area contributed by atoms with Gasteiger partial charge in [-0.05, 0) is 51.2 Å². The molecule has 0 radical (unpaired) electrons. The molecule has 0 amide bonds. The molecule has 1 N–H and O–H groups in total. The molecule has 2 saturated heterocycles. The highest BCUT2D eigenvalue weighted by atomic mass is 16.1. The van der Waals surface area contributed by atoms with Gasteiger partial charge in [-0.15, -0.1) is 0 Å². The van der Waals surface area contributed by atoms with E-state index in [4.69, 9.17) is 0 Å². The molecule has 3 heteroatoms. The van der Waals surface area contributed by atoms with E-state index in [9.17, 15) is 4.79 Å². The molecule has 0 saturated carbocycles. The van der Waals surface area contributed by atoms with Crippen LogP contribution in [0.4, 0.5) is 0 Å². The summed E-state index contributed by atoms with van der Waals surface area (Å²) in [5.41, 5.74) is 0. The highest BCUT2D eigenvalue weighted by Gasteiger charge is 2.35. The quantitative estimate of drug-likeness (QED) is 0.802. The zero-order valence-electron chi connectivity index (χ0n) is 12.7. The summed E-state index contributed by atoms with van der Waals surface area (Å²) >= 11 is 0. The van der Waals surface area contributed by atoms with E-state index in [1.807, 2.05) is 0 Å². The van der Waals surface area contributed by atoms with Crippen LogP contribution in [0, 0.1) is 5.92 Å². The van der Waals surface area contributed by atoms with Crippen LogP contribution in [-0.2, 0) is 4.79 Å². The van der Waals surface area contributed by atoms with Gasteiger partial charge in [0.1, 0.15) is 5.78 Å². The molecule has 110 valence electrons. The van der Waals surface area contributed by atoms with Crippen LogP contribution in [0.15, 0.2) is 0 Å². The lowest BCUT2D eigenvalue weighted by Crippen LogP contribution is -2.48. The summed E-state index contributed by atoms with van der Waals surface area (Å²) < 4.78 is 0. The number of carbonyl (C=O) groups is 1. The fourth-order valence-electron chi connectivity index (χ4n) is 3.71. The van der Waals surface area contributed by atoms with Gasteiger partial charge in [0.25, 0.3) is 0 Å². The van der Waals surface area contributed by atoms with Crippen molar-refractivity contribution in [3.63, 3.8) is 0 Å². The number of likely N-dealkylation sites (tertiary alicyclic amines) is 1. The molecule has 0 aromatic heterocycles. The molecule has 1 atom stereocenters. The van der Waals surface area contributed by atoms with Crippen LogP contribution in [0.3, 0.4) is 0 Å². The van der Waals surface area contributed by atoms with E-state index < -0.39 is 0 Å². The molecule has 2 heterocycles. The molecule has 2 fully saturated rings. The van der Waals surface area contributed by atoms with Gasteiger partial charge in [0.2, 0.25) is 0 Å². The average Bonchev–Trinajstić information content (AvgIpc) is 2.95. The van der Waals surface area contributed by atoms with Crippen molar-refractivity contribution >= 4 is 5.78 Å². The molecular weight excluding hydrogens is 236 g/mol. The van der Waals surface area contributed by atoms with E-state index >= 15 is 0 Å². The summed E-state index contributed by atoms with van der Waals surface area (Å²) in [6.07, 6.45) is 7.83. The Labute approximate surface area is 118 Å². The maximum atomic E-state index is 12.6. The van der Waals surface area contributed by atoms with Crippen molar-refractivity contribution in [1.29, 1.82) is 0 Å². The van der Waals surface area contributed by atoms with E-state index in [1.54, 1.807) is 0 Å². The van der Waals surface area contributed by atoms with Gasteiger partial charge in [-0.2, -0.15) is 0 Å². The third kappa shape index (κ3) is 3.79. The molecule has 0 aromatic rings. The van der Waals surface area contributed by atoms with E-state index in [2.05, 4.69) is 24.1 Å². The Bertz CT molecular complexity index is 282. The summed E-state index contributed by atoms with van der Waals surface area (Å²) in [5.74, 6) is 1.12. The van der Waals surface area contributed by atoms with Crippen molar-refractivity contribution in [2.45, 2.75) is 70.9 Å². The lowest BCUT2D eigenvalue weighted by atomic mass is 9.92. The third-order valence-corrected chi connectivity index (χ3v) is 5.09. The van der Waals surface area contributed by atoms with E-state index in [0.29, 0.717) is 17.7 Å². The predicted molar refractivity (Wildman–Crippen MR) is 79.3 cm³/mol. The Kier molecular flexibility index (Phi) is 5.83. The van der Waals surface area contributed by atoms with Gasteiger partial charge in [-0.25, -0.2) is 0 Å². The van der Waals surface area contributed by atoms with Gasteiger partial charge in [0.05, 0.1) is 6.04 Å². The topological polar surface area (TPSA) is 32.3 Å². The van der Waals surface area contributed by atoms with Crippen molar-refractivity contribution in [2.24, 2.45) is 5.92 Å². The monoisotopic (exact) mass is 266 g/mol. The first-order valence-electron chi connectivity index (χ1n) is 8.25. The number of rotatable bonds is 6. The van der Waals surface area contributed by atoms with Crippen LogP contribution in [0.5, 0.6) is 0 Å². The largest absolute Gasteiger partial charge is 0.317 e. The Hall–Kier alpha value is -0.410. The molecule has 1 unspecified atom stereocenters. The molecule has 19 heavy (non-hydrogen) atoms. The van der Waals surface area contributed by atoms with Crippen molar-refractivity contribution in [2.75, 3.05) is 19.6 Å². The number of piperidine rings is 1. The van der Waals surface area contributed by atoms with Gasteiger partial charge >= 0.3 is 0 Å². The minimum atomic E-state index is 0.240. The molecule has 2 rings (SSSR count). The predicted octanol–water partition coefficient (Wildman–Crippen LogP) is 2.60. The lowest BCUT2D eigenvalue weighted by molar-refractivity contribution is -0.125. The highest BCUT2D eigenvalue weighted by Crippen LogP contribution is 2.27. The molecule has 0 spiro atoms. The summed E-state index contributed by atoms with van der Waals surface area (Å²) in [5, 5.41) is 3.42. The van der Waals surface area contributed by atoms with Crippen LogP contribution in [0.1, 0.15) is 58.8 Å². The number of Topliss-reactive ketones (excluding diaryl/α,β-unsaturated/α-hetero) is 1. The second kappa shape index (κ2) is 7.39. The number of hydrogen-bond donors (Lipinski definition) is 1. The van der Waals surface area contributed by atoms with E-state index in [0.717, 1.165) is 45.3 Å². The third-order valence-electron chi connectivity index (χ3n) is 5.09. The fourth-order valence-corrected chi connectivity index (χ4v) is 3.71. The molecule has 2 aliphatic heterocycles. The van der Waals surface area contributed by atoms with Crippen molar-refractivity contribution in [1.82, 2.24) is 10.2 Å². The zero-order chi connectivity index (χ0) is 13.7. The fraction of sp³-hybridized carbons (Fsp3) is 0.938. The number of nitrogens with zero attached hydrogens (tertiary/aromatic N) is 1. The van der Waals surface area contributed by atoms with Crippen LogP contribution >= 0.6 is 0 Å². The second-order valence-electron chi connectivity index (χ2n) is 6.23. The molecule has 2 aliphatic rings. The highest BCUT2D eigenvalue weighted by molar-refractivity contribution is 5.84. The number of nitrogens with one attached hydrogen (secondary N) is 1. The van der Waals surface area contributed by atoms with E-state index in [1.165, 1.54) is 19.3 Å². The van der Waals surface area contributed by atoms with Gasteiger partial charge in [0, 0.05) is 12.5 Å². The van der Waals surface area contributed by atoms with Gasteiger partial charge in [-0.1, -0.05) is 26.7 Å². The molecule has 0 aliphatic carbocycles. The summed E-state index contributed by atoms with van der Waals surface area (Å²) in [4.78, 5) is 15.1. The second-order valence-corrected chi connectivity index (χ2v) is 6.23. The number of carbonyl (C=O) groups excluding carboxylic acids is 1. The van der Waals surface area contributed by atoms with Crippen LogP contribution in [0.2, 0.25) is 0 Å². The van der Waals surface area contributed by atoms with Crippen LogP contribution < -0.4 is 5.32 Å². The van der Waals surface area contributed by atoms with Gasteiger partial charge in [-0.3, -0.25) is 9.69 Å². The molecular formula is C16H30N2O. The summed E-state index contributed by atoms with van der Waals surface area (Å²) in [6.45, 7) is 7.80. The molecule has 0 bridgehead atoms. The minimum Gasteiger partial charge on any atom is -0.317 e. The van der Waals surface area contributed by atoms with Crippen molar-refractivity contribution < 1.29 is 4.79 Å². The van der Waals surface area contributed by atoms with Crippen LogP contribution in [-0.4, -0.2) is 42.4 Å². The molecule has 0 aromatic carbocycles. The van der Waals surface area contributed by atoms with Crippen LogP contribution in [0.25, 0.3) is 0 Å². The SMILES string of the molecule is CCC(CC)CC(=O)C1CCCN1C1CCNCC1. The van der Waals surface area contributed by atoms with Gasteiger partial charge in [0.15, 0.2) is 0 Å². The Balaban J connectivity index is 1.91. The smallest absolute Gasteiger partial charge is 0.150 e. The van der Waals surface area contributed by atoms with E-state index in [-0.39, 0.29) is 6.04 Å². The standard InChI is InChI=1S/C16H30N2O/c1-3-13(4-2)12-16(19)15-6-5-11-18(15)14-7-9-17-10-8-14/h13-15,17H,3-12H2,1-2H3. The number of hydrogen-bond acceptors (Lipinski definition) is 3. The summed E-state index contributed by atoms with van der Waals surface area (Å²) in [6, 6.07) is 0.892. The van der Waals surface area contributed by atoms with Crippen molar-refractivity contribution in [3.05, 3.63) is 0 Å². The normalized spacial score (nSPS) is 26.2.